The normalized spacial score (nSPS) is 13.1. The molecule has 1 heterocycles. The van der Waals surface area contributed by atoms with E-state index in [0.29, 0.717) is 6.54 Å². The van der Waals surface area contributed by atoms with Crippen molar-refractivity contribution in [1.82, 2.24) is 10.3 Å². The van der Waals surface area contributed by atoms with E-state index in [9.17, 15) is 13.2 Å². The summed E-state index contributed by atoms with van der Waals surface area (Å²) in [6, 6.07) is 9.11. The molecule has 0 bridgehead atoms. The number of rotatable bonds is 5. The zero-order chi connectivity index (χ0) is 15.3. The van der Waals surface area contributed by atoms with E-state index in [1.54, 1.807) is 25.4 Å². The number of hydrogen-bond acceptors (Lipinski definition) is 2. The highest BCUT2D eigenvalue weighted by Crippen LogP contribution is 2.34. The summed E-state index contributed by atoms with van der Waals surface area (Å²) in [5.74, 6) is 0. The van der Waals surface area contributed by atoms with Crippen LogP contribution in [0.5, 0.6) is 0 Å². The van der Waals surface area contributed by atoms with Crippen molar-refractivity contribution in [3.05, 3.63) is 65.5 Å². The van der Waals surface area contributed by atoms with Crippen LogP contribution < -0.4 is 5.32 Å². The number of halogens is 3. The summed E-state index contributed by atoms with van der Waals surface area (Å²) in [6.07, 6.45) is -0.141. The predicted molar refractivity (Wildman–Crippen MR) is 75.8 cm³/mol. The Morgan fingerprint density at radius 2 is 1.90 bits per heavy atom. The fraction of sp³-hybridized carbons (Fsp3) is 0.312. The van der Waals surface area contributed by atoms with Gasteiger partial charge in [0.05, 0.1) is 5.56 Å². The van der Waals surface area contributed by atoms with Crippen LogP contribution in [0, 0.1) is 0 Å². The third-order valence-electron chi connectivity index (χ3n) is 3.32. The Balaban J connectivity index is 1.99. The van der Waals surface area contributed by atoms with E-state index < -0.39 is 11.7 Å². The maximum Gasteiger partial charge on any atom is 0.416 e. The monoisotopic (exact) mass is 294 g/mol. The van der Waals surface area contributed by atoms with Gasteiger partial charge in [0.1, 0.15) is 0 Å². The molecule has 1 aromatic heterocycles. The van der Waals surface area contributed by atoms with Gasteiger partial charge < -0.3 is 5.32 Å². The molecule has 5 heteroatoms. The van der Waals surface area contributed by atoms with Crippen molar-refractivity contribution in [1.29, 1.82) is 0 Å². The molecule has 0 aliphatic carbocycles. The van der Waals surface area contributed by atoms with Crippen molar-refractivity contribution in [2.24, 2.45) is 0 Å². The summed E-state index contributed by atoms with van der Waals surface area (Å²) in [5, 5.41) is 3.13. The molecule has 0 spiro atoms. The van der Waals surface area contributed by atoms with Gasteiger partial charge in [-0.05, 0) is 43.1 Å². The maximum absolute atomic E-state index is 13.0. The molecule has 2 rings (SSSR count). The lowest BCUT2D eigenvalue weighted by atomic mass is 10.0. The fourth-order valence-electron chi connectivity index (χ4n) is 2.22. The van der Waals surface area contributed by atoms with E-state index >= 15 is 0 Å². The molecule has 0 saturated carbocycles. The second-order valence-electron chi connectivity index (χ2n) is 4.87. The summed E-state index contributed by atoms with van der Waals surface area (Å²) >= 11 is 0. The first kappa shape index (κ1) is 15.5. The second kappa shape index (κ2) is 6.72. The standard InChI is InChI=1S/C16H17F3N2/c1-12(21-10-8-13-5-4-9-20-11-13)14-6-2-3-7-15(14)16(17,18)19/h2-7,9,11-12,21H,8,10H2,1H3. The predicted octanol–water partition coefficient (Wildman–Crippen LogP) is 3.99. The number of nitrogens with one attached hydrogen (secondary N) is 1. The first-order valence-electron chi connectivity index (χ1n) is 6.77. The van der Waals surface area contributed by atoms with Gasteiger partial charge >= 0.3 is 6.18 Å². The van der Waals surface area contributed by atoms with Crippen molar-refractivity contribution in [2.75, 3.05) is 6.54 Å². The van der Waals surface area contributed by atoms with Crippen LogP contribution in [0.2, 0.25) is 0 Å². The second-order valence-corrected chi connectivity index (χ2v) is 4.87. The summed E-state index contributed by atoms with van der Waals surface area (Å²) in [5.41, 5.74) is 0.754. The van der Waals surface area contributed by atoms with Gasteiger partial charge in [-0.2, -0.15) is 13.2 Å². The van der Waals surface area contributed by atoms with Gasteiger partial charge in [0.25, 0.3) is 0 Å². The highest BCUT2D eigenvalue weighted by Gasteiger charge is 2.33. The molecule has 0 radical (unpaired) electrons. The molecule has 0 aliphatic rings. The van der Waals surface area contributed by atoms with Crippen molar-refractivity contribution in [2.45, 2.75) is 25.6 Å². The van der Waals surface area contributed by atoms with Crippen LogP contribution in [0.4, 0.5) is 13.2 Å². The summed E-state index contributed by atoms with van der Waals surface area (Å²) in [6.45, 7) is 2.34. The largest absolute Gasteiger partial charge is 0.416 e. The Kier molecular flexibility index (Phi) is 4.96. The number of aromatic nitrogens is 1. The Morgan fingerprint density at radius 1 is 1.14 bits per heavy atom. The van der Waals surface area contributed by atoms with Crippen LogP contribution >= 0.6 is 0 Å². The van der Waals surface area contributed by atoms with E-state index in [0.717, 1.165) is 18.1 Å². The SMILES string of the molecule is CC(NCCc1cccnc1)c1ccccc1C(F)(F)F. The highest BCUT2D eigenvalue weighted by molar-refractivity contribution is 5.32. The van der Waals surface area contributed by atoms with E-state index in [1.165, 1.54) is 12.1 Å². The van der Waals surface area contributed by atoms with Crippen LogP contribution in [-0.4, -0.2) is 11.5 Å². The minimum atomic E-state index is -4.32. The number of pyridine rings is 1. The number of nitrogens with zero attached hydrogens (tertiary/aromatic N) is 1. The van der Waals surface area contributed by atoms with Crippen molar-refractivity contribution < 1.29 is 13.2 Å². The smallest absolute Gasteiger partial charge is 0.310 e. The van der Waals surface area contributed by atoms with Crippen molar-refractivity contribution in [3.8, 4) is 0 Å². The summed E-state index contributed by atoms with van der Waals surface area (Å²) in [4.78, 5) is 4.01. The van der Waals surface area contributed by atoms with Crippen LogP contribution in [0.15, 0.2) is 48.8 Å². The van der Waals surface area contributed by atoms with Crippen LogP contribution in [0.1, 0.15) is 29.7 Å². The third kappa shape index (κ3) is 4.29. The Bertz CT molecular complexity index is 567. The minimum absolute atomic E-state index is 0.274. The Hall–Kier alpha value is -1.88. The van der Waals surface area contributed by atoms with Gasteiger partial charge in [0.15, 0.2) is 0 Å². The summed E-state index contributed by atoms with van der Waals surface area (Å²) < 4.78 is 38.9. The molecular formula is C16H17F3N2. The zero-order valence-electron chi connectivity index (χ0n) is 11.7. The minimum Gasteiger partial charge on any atom is -0.310 e. The first-order chi connectivity index (χ1) is 9.98. The molecule has 1 N–H and O–H groups in total. The molecule has 21 heavy (non-hydrogen) atoms. The number of alkyl halides is 3. The van der Waals surface area contributed by atoms with Crippen LogP contribution in [0.25, 0.3) is 0 Å². The number of benzene rings is 1. The van der Waals surface area contributed by atoms with Gasteiger partial charge in [-0.25, -0.2) is 0 Å². The topological polar surface area (TPSA) is 24.9 Å². The molecule has 0 aliphatic heterocycles. The average molecular weight is 294 g/mol. The lowest BCUT2D eigenvalue weighted by Gasteiger charge is -2.19. The molecule has 0 saturated heterocycles. The van der Waals surface area contributed by atoms with Gasteiger partial charge in [-0.15, -0.1) is 0 Å². The molecule has 2 nitrogen and oxygen atoms in total. The van der Waals surface area contributed by atoms with E-state index in [4.69, 9.17) is 0 Å². The fourth-order valence-corrected chi connectivity index (χ4v) is 2.22. The average Bonchev–Trinajstić information content (AvgIpc) is 2.47. The molecule has 2 aromatic rings. The van der Waals surface area contributed by atoms with E-state index in [-0.39, 0.29) is 11.6 Å². The zero-order valence-corrected chi connectivity index (χ0v) is 11.7. The lowest BCUT2D eigenvalue weighted by Crippen LogP contribution is -2.24. The Morgan fingerprint density at radius 3 is 2.57 bits per heavy atom. The van der Waals surface area contributed by atoms with Crippen LogP contribution in [0.3, 0.4) is 0 Å². The third-order valence-corrected chi connectivity index (χ3v) is 3.32. The van der Waals surface area contributed by atoms with E-state index in [1.807, 2.05) is 12.1 Å². The molecule has 1 atom stereocenters. The molecule has 1 aromatic carbocycles. The highest BCUT2D eigenvalue weighted by atomic mass is 19.4. The molecule has 0 fully saturated rings. The quantitative estimate of drug-likeness (QED) is 0.901. The lowest BCUT2D eigenvalue weighted by molar-refractivity contribution is -0.138. The van der Waals surface area contributed by atoms with E-state index in [2.05, 4.69) is 10.3 Å². The van der Waals surface area contributed by atoms with Gasteiger partial charge in [-0.1, -0.05) is 24.3 Å². The Labute approximate surface area is 122 Å². The van der Waals surface area contributed by atoms with Crippen molar-refractivity contribution >= 4 is 0 Å². The van der Waals surface area contributed by atoms with Crippen LogP contribution in [-0.2, 0) is 12.6 Å². The number of hydrogen-bond donors (Lipinski definition) is 1. The van der Waals surface area contributed by atoms with Crippen molar-refractivity contribution in [3.63, 3.8) is 0 Å². The molecular weight excluding hydrogens is 277 g/mol. The first-order valence-corrected chi connectivity index (χ1v) is 6.77. The molecule has 0 amide bonds. The van der Waals surface area contributed by atoms with Gasteiger partial charge in [0, 0.05) is 18.4 Å². The van der Waals surface area contributed by atoms with Gasteiger partial charge in [0.2, 0.25) is 0 Å². The molecule has 112 valence electrons. The van der Waals surface area contributed by atoms with Gasteiger partial charge in [-0.3, -0.25) is 4.98 Å². The summed E-state index contributed by atoms with van der Waals surface area (Å²) in [7, 11) is 0. The maximum atomic E-state index is 13.0. The molecule has 1 unspecified atom stereocenters.